The van der Waals surface area contributed by atoms with E-state index < -0.39 is 0 Å². The molecule has 0 fully saturated rings. The minimum atomic E-state index is -0.246. The Balaban J connectivity index is 2.47. The van der Waals surface area contributed by atoms with Crippen molar-refractivity contribution in [1.29, 1.82) is 0 Å². The van der Waals surface area contributed by atoms with Gasteiger partial charge in [-0.15, -0.1) is 0 Å². The molecule has 0 saturated heterocycles. The smallest absolute Gasteiger partial charge is 0.313 e. The molecule has 7 heteroatoms. The van der Waals surface area contributed by atoms with E-state index in [1.807, 2.05) is 6.92 Å². The van der Waals surface area contributed by atoms with Crippen LogP contribution >= 0.6 is 0 Å². The summed E-state index contributed by atoms with van der Waals surface area (Å²) in [7, 11) is 1.78. The Kier molecular flexibility index (Phi) is 3.10. The number of nitrogens with two attached hydrogens (primary N) is 1. The molecule has 0 amide bonds. The second-order valence-electron chi connectivity index (χ2n) is 3.86. The molecule has 0 aliphatic carbocycles. The molecular weight excluding hydrogens is 222 g/mol. The number of aryl methyl sites for hydroxylation is 1. The maximum absolute atomic E-state index is 11.7. The van der Waals surface area contributed by atoms with Crippen molar-refractivity contribution < 1.29 is 9.30 Å². The van der Waals surface area contributed by atoms with Crippen LogP contribution in [0.1, 0.15) is 13.3 Å². The summed E-state index contributed by atoms with van der Waals surface area (Å²) < 4.78 is 8.89. The molecule has 2 aromatic heterocycles. The van der Waals surface area contributed by atoms with Gasteiger partial charge in [0.25, 0.3) is 11.5 Å². The number of hydrogen-bond donors (Lipinski definition) is 2. The molecule has 3 N–H and O–H groups in total. The first kappa shape index (κ1) is 11.6. The van der Waals surface area contributed by atoms with Crippen LogP contribution in [0.4, 0.5) is 5.95 Å². The van der Waals surface area contributed by atoms with Gasteiger partial charge in [0.2, 0.25) is 5.52 Å². The van der Waals surface area contributed by atoms with E-state index >= 15 is 0 Å². The van der Waals surface area contributed by atoms with Crippen molar-refractivity contribution in [2.45, 2.75) is 20.1 Å². The van der Waals surface area contributed by atoms with E-state index in [-0.39, 0.29) is 11.5 Å². The van der Waals surface area contributed by atoms with Gasteiger partial charge in [-0.25, -0.2) is 4.57 Å². The summed E-state index contributed by atoms with van der Waals surface area (Å²) in [6, 6.07) is 0. The fraction of sp³-hybridized carbons (Fsp3) is 0.500. The van der Waals surface area contributed by atoms with Gasteiger partial charge in [-0.3, -0.25) is 14.3 Å². The molecular formula is C10H16N5O2+. The van der Waals surface area contributed by atoms with Crippen molar-refractivity contribution >= 4 is 17.1 Å². The number of aromatic amines is 1. The first-order valence-electron chi connectivity index (χ1n) is 5.45. The second kappa shape index (κ2) is 4.54. The molecule has 7 nitrogen and oxygen atoms in total. The van der Waals surface area contributed by atoms with Gasteiger partial charge in [0.05, 0.1) is 13.7 Å². The van der Waals surface area contributed by atoms with Crippen LogP contribution in [0, 0.1) is 0 Å². The van der Waals surface area contributed by atoms with Crippen LogP contribution in [-0.2, 0) is 18.5 Å². The number of nitrogens with one attached hydrogen (secondary N) is 1. The quantitative estimate of drug-likeness (QED) is 0.556. The topological polar surface area (TPSA) is 89.8 Å². The Morgan fingerprint density at radius 2 is 2.41 bits per heavy atom. The molecule has 92 valence electrons. The Hall–Kier alpha value is -1.89. The minimum absolute atomic E-state index is 0.109. The lowest BCUT2D eigenvalue weighted by molar-refractivity contribution is -0.711. The van der Waals surface area contributed by atoms with Crippen molar-refractivity contribution in [2.24, 2.45) is 7.05 Å². The Labute approximate surface area is 97.8 Å². The fourth-order valence-corrected chi connectivity index (χ4v) is 1.71. The van der Waals surface area contributed by atoms with Crippen LogP contribution in [0.5, 0.6) is 0 Å². The highest BCUT2D eigenvalue weighted by Gasteiger charge is 2.19. The zero-order chi connectivity index (χ0) is 12.4. The van der Waals surface area contributed by atoms with Crippen LogP contribution in [-0.4, -0.2) is 21.1 Å². The normalized spacial score (nSPS) is 11.2. The molecule has 2 rings (SSSR count). The molecule has 2 aromatic rings. The van der Waals surface area contributed by atoms with E-state index in [0.29, 0.717) is 24.5 Å². The SMILES string of the molecule is CCCOC[n+]1cn(C)c2c(=O)[nH]c(N)nc21. The maximum atomic E-state index is 11.7. The summed E-state index contributed by atoms with van der Waals surface area (Å²) in [6.45, 7) is 3.07. The van der Waals surface area contributed by atoms with E-state index in [1.165, 1.54) is 0 Å². The van der Waals surface area contributed by atoms with Gasteiger partial charge < -0.3 is 10.5 Å². The highest BCUT2D eigenvalue weighted by molar-refractivity contribution is 5.66. The number of imidazole rings is 1. The van der Waals surface area contributed by atoms with E-state index in [4.69, 9.17) is 10.5 Å². The number of aromatic nitrogens is 4. The molecule has 0 aliphatic rings. The van der Waals surface area contributed by atoms with E-state index in [1.54, 1.807) is 22.5 Å². The average molecular weight is 238 g/mol. The Bertz CT molecular complexity index is 586. The molecule has 17 heavy (non-hydrogen) atoms. The second-order valence-corrected chi connectivity index (χ2v) is 3.86. The monoisotopic (exact) mass is 238 g/mol. The third-order valence-corrected chi connectivity index (χ3v) is 2.41. The lowest BCUT2D eigenvalue weighted by Crippen LogP contribution is -2.35. The third kappa shape index (κ3) is 2.14. The van der Waals surface area contributed by atoms with Gasteiger partial charge in [0.15, 0.2) is 13.1 Å². The number of hydrogen-bond acceptors (Lipinski definition) is 4. The highest BCUT2D eigenvalue weighted by atomic mass is 16.5. The van der Waals surface area contributed by atoms with Crippen LogP contribution in [0.15, 0.2) is 11.1 Å². The predicted molar refractivity (Wildman–Crippen MR) is 62.2 cm³/mol. The Morgan fingerprint density at radius 3 is 3.12 bits per heavy atom. The van der Waals surface area contributed by atoms with Gasteiger partial charge in [0.1, 0.15) is 0 Å². The zero-order valence-electron chi connectivity index (χ0n) is 9.93. The lowest BCUT2D eigenvalue weighted by Gasteiger charge is -1.98. The predicted octanol–water partition coefficient (Wildman–Crippen LogP) is -0.485. The molecule has 0 aromatic carbocycles. The summed E-state index contributed by atoms with van der Waals surface area (Å²) in [5.41, 5.74) is 6.30. The van der Waals surface area contributed by atoms with Gasteiger partial charge in [0, 0.05) is 0 Å². The summed E-state index contributed by atoms with van der Waals surface area (Å²) in [6.07, 6.45) is 2.71. The first-order chi connectivity index (χ1) is 8.13. The van der Waals surface area contributed by atoms with Gasteiger partial charge in [-0.2, -0.15) is 0 Å². The first-order valence-corrected chi connectivity index (χ1v) is 5.45. The number of rotatable bonds is 4. The van der Waals surface area contributed by atoms with Gasteiger partial charge in [-0.1, -0.05) is 11.9 Å². The van der Waals surface area contributed by atoms with Crippen LogP contribution in [0.2, 0.25) is 0 Å². The van der Waals surface area contributed by atoms with Crippen LogP contribution in [0.3, 0.4) is 0 Å². The van der Waals surface area contributed by atoms with Crippen molar-refractivity contribution in [1.82, 2.24) is 14.5 Å². The molecule has 0 aliphatic heterocycles. The largest absolute Gasteiger partial charge is 0.355 e. The Morgan fingerprint density at radius 1 is 1.65 bits per heavy atom. The third-order valence-electron chi connectivity index (χ3n) is 2.41. The zero-order valence-corrected chi connectivity index (χ0v) is 9.93. The van der Waals surface area contributed by atoms with Crippen molar-refractivity contribution in [3.63, 3.8) is 0 Å². The molecule has 0 atom stereocenters. The summed E-state index contributed by atoms with van der Waals surface area (Å²) in [4.78, 5) is 18.3. The molecule has 0 radical (unpaired) electrons. The summed E-state index contributed by atoms with van der Waals surface area (Å²) >= 11 is 0. The maximum Gasteiger partial charge on any atom is 0.313 e. The number of ether oxygens (including phenoxy) is 1. The van der Waals surface area contributed by atoms with Crippen molar-refractivity contribution in [3.8, 4) is 0 Å². The lowest BCUT2D eigenvalue weighted by atomic mass is 10.5. The number of H-pyrrole nitrogens is 1. The molecule has 0 bridgehead atoms. The fourth-order valence-electron chi connectivity index (χ4n) is 1.71. The number of nitrogens with zero attached hydrogens (tertiary/aromatic N) is 3. The van der Waals surface area contributed by atoms with Crippen LogP contribution in [0.25, 0.3) is 11.2 Å². The van der Waals surface area contributed by atoms with Gasteiger partial charge in [-0.05, 0) is 6.42 Å². The van der Waals surface area contributed by atoms with E-state index in [9.17, 15) is 4.79 Å². The van der Waals surface area contributed by atoms with E-state index in [0.717, 1.165) is 6.42 Å². The molecule has 0 saturated carbocycles. The van der Waals surface area contributed by atoms with Gasteiger partial charge >= 0.3 is 5.65 Å². The number of nitrogen functional groups attached to an aromatic ring is 1. The summed E-state index contributed by atoms with van der Waals surface area (Å²) in [5, 5.41) is 0. The molecule has 0 unspecified atom stereocenters. The highest BCUT2D eigenvalue weighted by Crippen LogP contribution is 2.02. The van der Waals surface area contributed by atoms with Crippen LogP contribution < -0.4 is 15.9 Å². The summed E-state index contributed by atoms with van der Waals surface area (Å²) in [5.74, 6) is 0.109. The molecule has 2 heterocycles. The average Bonchev–Trinajstić information content (AvgIpc) is 2.56. The molecule has 0 spiro atoms. The van der Waals surface area contributed by atoms with Crippen molar-refractivity contribution in [3.05, 3.63) is 16.7 Å². The number of anilines is 1. The number of fused-ring (bicyclic) bond motifs is 1. The van der Waals surface area contributed by atoms with E-state index in [2.05, 4.69) is 9.97 Å². The minimum Gasteiger partial charge on any atom is -0.355 e. The van der Waals surface area contributed by atoms with Crippen molar-refractivity contribution in [2.75, 3.05) is 12.3 Å². The standard InChI is InChI=1S/C10H15N5O2/c1-3-4-17-6-15-5-14(2)7-8(15)12-10(11)13-9(7)16/h5H,3-4,6H2,1-2H3,(H2-,11,12,13,16)/p+1.